The number of ether oxygens (including phenoxy) is 1. The predicted octanol–water partition coefficient (Wildman–Crippen LogP) is 3.88. The van der Waals surface area contributed by atoms with E-state index in [1.807, 2.05) is 19.1 Å². The van der Waals surface area contributed by atoms with Gasteiger partial charge < -0.3 is 4.74 Å². The van der Waals surface area contributed by atoms with Crippen molar-refractivity contribution in [3.05, 3.63) is 71.0 Å². The van der Waals surface area contributed by atoms with Gasteiger partial charge in [-0.3, -0.25) is 0 Å². The summed E-state index contributed by atoms with van der Waals surface area (Å²) in [7, 11) is 0. The summed E-state index contributed by atoms with van der Waals surface area (Å²) >= 11 is 1.34. The second-order valence-corrected chi connectivity index (χ2v) is 7.12. The maximum Gasteiger partial charge on any atom is 0.355 e. The molecule has 2 aromatic carbocycles. The van der Waals surface area contributed by atoms with E-state index in [9.17, 15) is 4.79 Å². The average molecular weight is 391 g/mol. The van der Waals surface area contributed by atoms with Crippen LogP contribution in [0.25, 0.3) is 16.3 Å². The van der Waals surface area contributed by atoms with Crippen LogP contribution in [0.3, 0.4) is 0 Å². The van der Waals surface area contributed by atoms with E-state index >= 15 is 0 Å². The van der Waals surface area contributed by atoms with E-state index in [0.29, 0.717) is 16.3 Å². The lowest BCUT2D eigenvalue weighted by Crippen LogP contribution is -2.08. The van der Waals surface area contributed by atoms with E-state index in [1.165, 1.54) is 27.9 Å². The van der Waals surface area contributed by atoms with Gasteiger partial charge in [-0.05, 0) is 53.6 Å². The van der Waals surface area contributed by atoms with Crippen molar-refractivity contribution < 1.29 is 9.53 Å². The van der Waals surface area contributed by atoms with Crippen LogP contribution in [0, 0.1) is 6.92 Å². The molecule has 0 spiro atoms. The van der Waals surface area contributed by atoms with Gasteiger partial charge in [0.15, 0.2) is 0 Å². The first-order valence-electron chi connectivity index (χ1n) is 8.76. The van der Waals surface area contributed by atoms with Crippen LogP contribution in [0.15, 0.2) is 54.9 Å². The van der Waals surface area contributed by atoms with Crippen LogP contribution in [-0.4, -0.2) is 31.2 Å². The summed E-state index contributed by atoms with van der Waals surface area (Å²) in [6, 6.07) is 15.2. The molecule has 2 aromatic heterocycles. The summed E-state index contributed by atoms with van der Waals surface area (Å²) in [4.78, 5) is 17.6. The Morgan fingerprint density at radius 2 is 1.86 bits per heavy atom. The summed E-state index contributed by atoms with van der Waals surface area (Å²) in [5.74, 6) is 0.0325. The number of thiazole rings is 1. The minimum absolute atomic E-state index is 0.415. The number of hydrogen-bond donors (Lipinski definition) is 0. The molecule has 0 aliphatic carbocycles. The van der Waals surface area contributed by atoms with Crippen molar-refractivity contribution in [1.29, 1.82) is 0 Å². The van der Waals surface area contributed by atoms with Gasteiger partial charge in [-0.25, -0.2) is 14.5 Å². The normalized spacial score (nSPS) is 10.8. The highest BCUT2D eigenvalue weighted by atomic mass is 32.1. The van der Waals surface area contributed by atoms with Gasteiger partial charge in [-0.15, -0.1) is 16.4 Å². The topological polar surface area (TPSA) is 82.8 Å². The maximum atomic E-state index is 12.6. The van der Waals surface area contributed by atoms with E-state index in [0.717, 1.165) is 22.7 Å². The molecular formula is C20H17N5O2S. The fraction of sp³-hybridized carbons (Fsp3) is 0.150. The Morgan fingerprint density at radius 3 is 2.50 bits per heavy atom. The highest BCUT2D eigenvalue weighted by Crippen LogP contribution is 2.29. The Bertz CT molecular complexity index is 1090. The number of esters is 1. The maximum absolute atomic E-state index is 12.6. The molecule has 0 unspecified atom stereocenters. The number of carbonyl (C=O) groups excluding carboxylic acids is 1. The molecule has 8 heteroatoms. The van der Waals surface area contributed by atoms with Gasteiger partial charge in [0.1, 0.15) is 22.0 Å². The molecule has 0 N–H and O–H groups in total. The Labute approximate surface area is 165 Å². The minimum Gasteiger partial charge on any atom is -0.422 e. The molecule has 0 aliphatic heterocycles. The molecular weight excluding hydrogens is 374 g/mol. The summed E-state index contributed by atoms with van der Waals surface area (Å²) < 4.78 is 7.03. The van der Waals surface area contributed by atoms with Crippen LogP contribution in [-0.2, 0) is 6.42 Å². The van der Waals surface area contributed by atoms with Crippen molar-refractivity contribution in [2.45, 2.75) is 20.3 Å². The number of aromatic nitrogens is 5. The lowest BCUT2D eigenvalue weighted by molar-refractivity contribution is 0.0739. The van der Waals surface area contributed by atoms with Crippen molar-refractivity contribution in [3.8, 4) is 22.0 Å². The van der Waals surface area contributed by atoms with Gasteiger partial charge >= 0.3 is 5.97 Å². The molecule has 0 saturated carbocycles. The van der Waals surface area contributed by atoms with E-state index in [1.54, 1.807) is 24.3 Å². The Morgan fingerprint density at radius 1 is 1.11 bits per heavy atom. The zero-order valence-electron chi connectivity index (χ0n) is 15.4. The molecule has 28 heavy (non-hydrogen) atoms. The zero-order valence-corrected chi connectivity index (χ0v) is 16.2. The van der Waals surface area contributed by atoms with Crippen LogP contribution in [0.5, 0.6) is 5.75 Å². The molecule has 0 fully saturated rings. The van der Waals surface area contributed by atoms with E-state index < -0.39 is 5.97 Å². The second-order valence-electron chi connectivity index (χ2n) is 6.12. The van der Waals surface area contributed by atoms with Crippen molar-refractivity contribution in [3.63, 3.8) is 0 Å². The lowest BCUT2D eigenvalue weighted by atomic mass is 10.1. The SMILES string of the molecule is CCc1ccc(-c2nc(C)c(C(=O)Oc3ccc(-n4cnnn4)cc3)s2)cc1. The van der Waals surface area contributed by atoms with Crippen molar-refractivity contribution in [2.75, 3.05) is 0 Å². The van der Waals surface area contributed by atoms with Gasteiger partial charge in [0, 0.05) is 5.56 Å². The van der Waals surface area contributed by atoms with Crippen molar-refractivity contribution in [2.24, 2.45) is 0 Å². The van der Waals surface area contributed by atoms with E-state index in [2.05, 4.69) is 39.6 Å². The van der Waals surface area contributed by atoms with Gasteiger partial charge in [0.25, 0.3) is 0 Å². The number of benzene rings is 2. The summed E-state index contributed by atoms with van der Waals surface area (Å²) in [6.45, 7) is 3.93. The van der Waals surface area contributed by atoms with Crippen LogP contribution in [0.4, 0.5) is 0 Å². The third-order valence-corrected chi connectivity index (χ3v) is 5.44. The van der Waals surface area contributed by atoms with E-state index in [4.69, 9.17) is 4.74 Å². The molecule has 7 nitrogen and oxygen atoms in total. The lowest BCUT2D eigenvalue weighted by Gasteiger charge is -2.04. The molecule has 0 atom stereocenters. The highest BCUT2D eigenvalue weighted by Gasteiger charge is 2.18. The monoisotopic (exact) mass is 391 g/mol. The molecule has 140 valence electrons. The molecule has 0 bridgehead atoms. The van der Waals surface area contributed by atoms with Crippen LogP contribution >= 0.6 is 11.3 Å². The number of nitrogens with zero attached hydrogens (tertiary/aromatic N) is 5. The molecule has 0 saturated heterocycles. The predicted molar refractivity (Wildman–Crippen MR) is 106 cm³/mol. The third-order valence-electron chi connectivity index (χ3n) is 4.25. The summed E-state index contributed by atoms with van der Waals surface area (Å²) in [5.41, 5.74) is 3.70. The van der Waals surface area contributed by atoms with Crippen molar-refractivity contribution >= 4 is 17.3 Å². The first kappa shape index (κ1) is 18.0. The van der Waals surface area contributed by atoms with Gasteiger partial charge in [0.05, 0.1) is 11.4 Å². The van der Waals surface area contributed by atoms with Crippen LogP contribution < -0.4 is 4.74 Å². The average Bonchev–Trinajstić information content (AvgIpc) is 3.39. The number of carbonyl (C=O) groups is 1. The largest absolute Gasteiger partial charge is 0.422 e. The smallest absolute Gasteiger partial charge is 0.355 e. The molecule has 2 heterocycles. The molecule has 0 amide bonds. The number of aryl methyl sites for hydroxylation is 2. The van der Waals surface area contributed by atoms with Gasteiger partial charge in [0.2, 0.25) is 0 Å². The molecule has 0 aliphatic rings. The molecule has 0 radical (unpaired) electrons. The highest BCUT2D eigenvalue weighted by molar-refractivity contribution is 7.17. The fourth-order valence-electron chi connectivity index (χ4n) is 2.69. The second kappa shape index (κ2) is 7.69. The fourth-order valence-corrected chi connectivity index (χ4v) is 3.64. The zero-order chi connectivity index (χ0) is 19.5. The molecule has 4 rings (SSSR count). The van der Waals surface area contributed by atoms with Gasteiger partial charge in [-0.1, -0.05) is 31.2 Å². The van der Waals surface area contributed by atoms with E-state index in [-0.39, 0.29) is 0 Å². The number of tetrazole rings is 1. The minimum atomic E-state index is -0.415. The van der Waals surface area contributed by atoms with Crippen molar-refractivity contribution in [1.82, 2.24) is 25.2 Å². The first-order chi connectivity index (χ1) is 13.6. The number of hydrogen-bond acceptors (Lipinski definition) is 7. The quantitative estimate of drug-likeness (QED) is 0.379. The Kier molecular flexibility index (Phi) is 4.94. The first-order valence-corrected chi connectivity index (χ1v) is 9.58. The molecule has 4 aromatic rings. The van der Waals surface area contributed by atoms with Gasteiger partial charge in [-0.2, -0.15) is 0 Å². The summed E-state index contributed by atoms with van der Waals surface area (Å²) in [5, 5.41) is 11.8. The Hall–Kier alpha value is -3.39. The third kappa shape index (κ3) is 3.67. The standard InChI is InChI=1S/C20H17N5O2S/c1-3-14-4-6-15(7-5-14)19-22-13(2)18(28-19)20(26)27-17-10-8-16(9-11-17)25-12-21-23-24-25/h4-12H,3H2,1-2H3. The Balaban J connectivity index is 1.51. The van der Waals surface area contributed by atoms with Crippen LogP contribution in [0.2, 0.25) is 0 Å². The summed E-state index contributed by atoms with van der Waals surface area (Å²) in [6.07, 6.45) is 2.48. The van der Waals surface area contributed by atoms with Crippen LogP contribution in [0.1, 0.15) is 27.9 Å². The number of rotatable bonds is 5.